The molecule has 0 saturated carbocycles. The van der Waals surface area contributed by atoms with Crippen LogP contribution in [0.25, 0.3) is 22.5 Å². The summed E-state index contributed by atoms with van der Waals surface area (Å²) in [6.45, 7) is 0.581. The fourth-order valence-electron chi connectivity index (χ4n) is 3.06. The first-order chi connectivity index (χ1) is 12.4. The number of aromatic amines is 1. The van der Waals surface area contributed by atoms with E-state index in [-0.39, 0.29) is 5.91 Å². The SMILES string of the molecule is O=C1NCCc2[nH]c(-c3ccnc(-c4cccc(C(F)(F)F)c4)c3)cc21. The number of hydrogen-bond acceptors (Lipinski definition) is 2. The van der Waals surface area contributed by atoms with Crippen LogP contribution in [0.3, 0.4) is 0 Å². The van der Waals surface area contributed by atoms with Crippen molar-refractivity contribution >= 4 is 5.91 Å². The van der Waals surface area contributed by atoms with Crippen LogP contribution in [0.15, 0.2) is 48.7 Å². The number of amides is 1. The zero-order valence-corrected chi connectivity index (χ0v) is 13.5. The molecule has 26 heavy (non-hydrogen) atoms. The summed E-state index contributed by atoms with van der Waals surface area (Å²) in [5.41, 5.74) is 3.07. The van der Waals surface area contributed by atoms with Gasteiger partial charge in [0.25, 0.3) is 5.91 Å². The van der Waals surface area contributed by atoms with E-state index in [1.807, 2.05) is 0 Å². The van der Waals surface area contributed by atoms with E-state index in [2.05, 4.69) is 15.3 Å². The minimum Gasteiger partial charge on any atom is -0.358 e. The maximum Gasteiger partial charge on any atom is 0.416 e. The Morgan fingerprint density at radius 2 is 1.88 bits per heavy atom. The minimum atomic E-state index is -4.40. The van der Waals surface area contributed by atoms with Crippen molar-refractivity contribution in [1.29, 1.82) is 0 Å². The number of benzene rings is 1. The summed E-state index contributed by atoms with van der Waals surface area (Å²) in [6.07, 6.45) is -2.14. The summed E-state index contributed by atoms with van der Waals surface area (Å²) < 4.78 is 38.8. The van der Waals surface area contributed by atoms with Gasteiger partial charge in [0.05, 0.1) is 16.8 Å². The molecule has 1 aliphatic heterocycles. The third-order valence-corrected chi connectivity index (χ3v) is 4.36. The number of H-pyrrole nitrogens is 1. The molecule has 0 fully saturated rings. The van der Waals surface area contributed by atoms with E-state index >= 15 is 0 Å². The second-order valence-electron chi connectivity index (χ2n) is 6.09. The van der Waals surface area contributed by atoms with Gasteiger partial charge in [0.15, 0.2) is 0 Å². The highest BCUT2D eigenvalue weighted by Crippen LogP contribution is 2.32. The molecular formula is C19H14F3N3O. The van der Waals surface area contributed by atoms with Crippen LogP contribution >= 0.6 is 0 Å². The van der Waals surface area contributed by atoms with Crippen LogP contribution in [0.5, 0.6) is 0 Å². The molecule has 1 aliphatic rings. The molecule has 2 N–H and O–H groups in total. The number of halogens is 3. The van der Waals surface area contributed by atoms with Crippen molar-refractivity contribution in [2.75, 3.05) is 6.54 Å². The number of fused-ring (bicyclic) bond motifs is 1. The number of carbonyl (C=O) groups is 1. The van der Waals surface area contributed by atoms with Gasteiger partial charge in [-0.25, -0.2) is 0 Å². The molecule has 2 aromatic heterocycles. The molecule has 0 bridgehead atoms. The Hall–Kier alpha value is -3.09. The lowest BCUT2D eigenvalue weighted by molar-refractivity contribution is -0.137. The zero-order valence-electron chi connectivity index (χ0n) is 13.5. The fraction of sp³-hybridized carbons (Fsp3) is 0.158. The predicted molar refractivity (Wildman–Crippen MR) is 90.5 cm³/mol. The van der Waals surface area contributed by atoms with Crippen LogP contribution in [0.1, 0.15) is 21.6 Å². The molecule has 0 spiro atoms. The van der Waals surface area contributed by atoms with Gasteiger partial charge in [0, 0.05) is 41.7 Å². The number of hydrogen-bond donors (Lipinski definition) is 2. The molecule has 3 aromatic rings. The Kier molecular flexibility index (Phi) is 3.79. The van der Waals surface area contributed by atoms with Gasteiger partial charge in [-0.05, 0) is 30.3 Å². The Labute approximate surface area is 147 Å². The number of aromatic nitrogens is 2. The van der Waals surface area contributed by atoms with E-state index in [0.717, 1.165) is 29.1 Å². The number of alkyl halides is 3. The lowest BCUT2D eigenvalue weighted by Crippen LogP contribution is -2.31. The summed E-state index contributed by atoms with van der Waals surface area (Å²) in [5, 5.41) is 2.78. The third kappa shape index (κ3) is 2.96. The molecule has 0 saturated heterocycles. The second-order valence-corrected chi connectivity index (χ2v) is 6.09. The molecule has 3 heterocycles. The maximum absolute atomic E-state index is 12.9. The summed E-state index contributed by atoms with van der Waals surface area (Å²) in [5.74, 6) is -0.124. The van der Waals surface area contributed by atoms with Crippen molar-refractivity contribution in [2.24, 2.45) is 0 Å². The van der Waals surface area contributed by atoms with Crippen LogP contribution in [0, 0.1) is 0 Å². The van der Waals surface area contributed by atoms with Crippen molar-refractivity contribution < 1.29 is 18.0 Å². The van der Waals surface area contributed by atoms with E-state index in [1.165, 1.54) is 6.07 Å². The molecule has 0 radical (unpaired) electrons. The molecule has 4 rings (SSSR count). The van der Waals surface area contributed by atoms with E-state index in [9.17, 15) is 18.0 Å². The third-order valence-electron chi connectivity index (χ3n) is 4.36. The van der Waals surface area contributed by atoms with E-state index in [0.29, 0.717) is 29.8 Å². The molecular weight excluding hydrogens is 343 g/mol. The maximum atomic E-state index is 12.9. The van der Waals surface area contributed by atoms with Gasteiger partial charge < -0.3 is 10.3 Å². The first kappa shape index (κ1) is 16.4. The van der Waals surface area contributed by atoms with Crippen LogP contribution in [-0.4, -0.2) is 22.4 Å². The van der Waals surface area contributed by atoms with E-state index < -0.39 is 11.7 Å². The van der Waals surface area contributed by atoms with Gasteiger partial charge >= 0.3 is 6.18 Å². The van der Waals surface area contributed by atoms with Crippen LogP contribution < -0.4 is 5.32 Å². The average Bonchev–Trinajstić information content (AvgIpc) is 3.07. The van der Waals surface area contributed by atoms with Crippen molar-refractivity contribution in [3.05, 3.63) is 65.5 Å². The summed E-state index contributed by atoms with van der Waals surface area (Å²) >= 11 is 0. The highest BCUT2D eigenvalue weighted by Gasteiger charge is 2.30. The van der Waals surface area contributed by atoms with Crippen LogP contribution in [0.4, 0.5) is 13.2 Å². The molecule has 0 atom stereocenters. The Morgan fingerprint density at radius 3 is 2.65 bits per heavy atom. The summed E-state index contributed by atoms with van der Waals surface area (Å²) in [4.78, 5) is 19.3. The quantitative estimate of drug-likeness (QED) is 0.727. The Balaban J connectivity index is 1.73. The molecule has 132 valence electrons. The monoisotopic (exact) mass is 357 g/mol. The van der Waals surface area contributed by atoms with Gasteiger partial charge in [-0.3, -0.25) is 9.78 Å². The van der Waals surface area contributed by atoms with Crippen molar-refractivity contribution in [1.82, 2.24) is 15.3 Å². The lowest BCUT2D eigenvalue weighted by Gasteiger charge is -2.11. The van der Waals surface area contributed by atoms with Crippen molar-refractivity contribution in [3.8, 4) is 22.5 Å². The normalized spacial score (nSPS) is 14.0. The number of nitrogens with zero attached hydrogens (tertiary/aromatic N) is 1. The van der Waals surface area contributed by atoms with Gasteiger partial charge in [0.2, 0.25) is 0 Å². The smallest absolute Gasteiger partial charge is 0.358 e. The summed E-state index contributed by atoms with van der Waals surface area (Å²) in [6, 6.07) is 10.3. The van der Waals surface area contributed by atoms with Gasteiger partial charge in [-0.1, -0.05) is 12.1 Å². The predicted octanol–water partition coefficient (Wildman–Crippen LogP) is 4.05. The highest BCUT2D eigenvalue weighted by atomic mass is 19.4. The lowest BCUT2D eigenvalue weighted by atomic mass is 10.0. The van der Waals surface area contributed by atoms with Crippen LogP contribution in [-0.2, 0) is 12.6 Å². The highest BCUT2D eigenvalue weighted by molar-refractivity contribution is 5.97. The van der Waals surface area contributed by atoms with Gasteiger partial charge in [-0.15, -0.1) is 0 Å². The standard InChI is InChI=1S/C19H14F3N3O/c20-19(21,22)13-3-1-2-11(8-13)16-9-12(4-6-23-16)17-10-14-15(25-17)5-7-24-18(14)26/h1-4,6,8-10,25H,5,7H2,(H,24,26). The van der Waals surface area contributed by atoms with Crippen molar-refractivity contribution in [2.45, 2.75) is 12.6 Å². The molecule has 1 amide bonds. The zero-order chi connectivity index (χ0) is 18.3. The molecule has 0 unspecified atom stereocenters. The Morgan fingerprint density at radius 1 is 1.04 bits per heavy atom. The minimum absolute atomic E-state index is 0.124. The number of nitrogens with one attached hydrogen (secondary N) is 2. The number of rotatable bonds is 2. The molecule has 1 aromatic carbocycles. The van der Waals surface area contributed by atoms with E-state index in [4.69, 9.17) is 0 Å². The molecule has 7 heteroatoms. The second kappa shape index (κ2) is 6.01. The van der Waals surface area contributed by atoms with Crippen LogP contribution in [0.2, 0.25) is 0 Å². The number of pyridine rings is 1. The first-order valence-corrected chi connectivity index (χ1v) is 8.06. The van der Waals surface area contributed by atoms with Gasteiger partial charge in [-0.2, -0.15) is 13.2 Å². The summed E-state index contributed by atoms with van der Waals surface area (Å²) in [7, 11) is 0. The average molecular weight is 357 g/mol. The topological polar surface area (TPSA) is 57.8 Å². The van der Waals surface area contributed by atoms with Gasteiger partial charge in [0.1, 0.15) is 0 Å². The Bertz CT molecular complexity index is 992. The number of carbonyl (C=O) groups excluding carboxylic acids is 1. The molecule has 4 nitrogen and oxygen atoms in total. The largest absolute Gasteiger partial charge is 0.416 e. The van der Waals surface area contributed by atoms with E-state index in [1.54, 1.807) is 30.5 Å². The first-order valence-electron chi connectivity index (χ1n) is 8.06. The fourth-order valence-corrected chi connectivity index (χ4v) is 3.06. The molecule has 0 aliphatic carbocycles. The van der Waals surface area contributed by atoms with Crippen molar-refractivity contribution in [3.63, 3.8) is 0 Å².